The van der Waals surface area contributed by atoms with Gasteiger partial charge >= 0.3 is 11.8 Å². The Morgan fingerprint density at radius 3 is 2.36 bits per heavy atom. The minimum Gasteiger partial charge on any atom is -0.489 e. The van der Waals surface area contributed by atoms with Gasteiger partial charge in [0.2, 0.25) is 0 Å². The van der Waals surface area contributed by atoms with Crippen molar-refractivity contribution in [1.29, 1.82) is 0 Å². The Hall–Kier alpha value is -2.82. The Balaban J connectivity index is 1.85. The summed E-state index contributed by atoms with van der Waals surface area (Å²) in [4.78, 5) is 25.4. The van der Waals surface area contributed by atoms with Crippen molar-refractivity contribution in [2.45, 2.75) is 26.4 Å². The highest BCUT2D eigenvalue weighted by Crippen LogP contribution is 2.17. The molecule has 5 nitrogen and oxygen atoms in total. The first-order valence-corrected chi connectivity index (χ1v) is 8.43. The first kappa shape index (κ1) is 18.5. The van der Waals surface area contributed by atoms with Crippen molar-refractivity contribution in [2.24, 2.45) is 0 Å². The molecule has 0 aliphatic heterocycles. The minimum absolute atomic E-state index is 0.479. The van der Waals surface area contributed by atoms with Crippen LogP contribution in [-0.2, 0) is 16.2 Å². The zero-order valence-corrected chi connectivity index (χ0v) is 14.7. The van der Waals surface area contributed by atoms with E-state index in [9.17, 15) is 9.59 Å². The van der Waals surface area contributed by atoms with Crippen molar-refractivity contribution >= 4 is 17.5 Å². The topological polar surface area (TPSA) is 58.6 Å². The fourth-order valence-corrected chi connectivity index (χ4v) is 2.23. The summed E-state index contributed by atoms with van der Waals surface area (Å²) in [5.74, 6) is -0.456. The number of carbonyl (C=O) groups is 2. The van der Waals surface area contributed by atoms with Crippen molar-refractivity contribution in [2.75, 3.05) is 18.9 Å². The van der Waals surface area contributed by atoms with Crippen LogP contribution in [0.3, 0.4) is 0 Å². The molecule has 0 aliphatic rings. The quantitative estimate of drug-likeness (QED) is 0.785. The molecule has 2 aromatic rings. The van der Waals surface area contributed by atoms with Crippen LogP contribution in [0.5, 0.6) is 5.75 Å². The Labute approximate surface area is 148 Å². The Kier molecular flexibility index (Phi) is 7.01. The number of hydrogen-bond donors (Lipinski definition) is 1. The second-order valence-corrected chi connectivity index (χ2v) is 5.83. The van der Waals surface area contributed by atoms with Gasteiger partial charge in [0, 0.05) is 19.3 Å². The monoisotopic (exact) mass is 340 g/mol. The van der Waals surface area contributed by atoms with Gasteiger partial charge < -0.3 is 15.0 Å². The Morgan fingerprint density at radius 2 is 1.72 bits per heavy atom. The molecule has 132 valence electrons. The molecule has 2 rings (SSSR count). The molecule has 0 radical (unpaired) electrons. The van der Waals surface area contributed by atoms with Crippen molar-refractivity contribution in [3.8, 4) is 5.75 Å². The lowest BCUT2D eigenvalue weighted by Crippen LogP contribution is -2.37. The number of rotatable bonds is 7. The second-order valence-electron chi connectivity index (χ2n) is 5.83. The number of carbonyl (C=O) groups excluding carboxylic acids is 2. The molecule has 0 saturated carbocycles. The van der Waals surface area contributed by atoms with Crippen LogP contribution in [0.1, 0.15) is 25.3 Å². The number of anilines is 1. The first-order valence-electron chi connectivity index (χ1n) is 8.43. The van der Waals surface area contributed by atoms with E-state index in [4.69, 9.17) is 4.74 Å². The van der Waals surface area contributed by atoms with E-state index in [1.165, 1.54) is 4.90 Å². The molecule has 0 atom stereocenters. The zero-order chi connectivity index (χ0) is 18.1. The van der Waals surface area contributed by atoms with Gasteiger partial charge in [-0.2, -0.15) is 0 Å². The Morgan fingerprint density at radius 1 is 1.04 bits per heavy atom. The molecule has 0 fully saturated rings. The SMILES string of the molecule is CCCCN(C)C(=O)C(=O)Nc1ccc(OCc2ccccc2)cc1. The normalized spacial score (nSPS) is 10.2. The fraction of sp³-hybridized carbons (Fsp3) is 0.300. The van der Waals surface area contributed by atoms with Crippen molar-refractivity contribution in [3.63, 3.8) is 0 Å². The van der Waals surface area contributed by atoms with E-state index in [2.05, 4.69) is 5.32 Å². The summed E-state index contributed by atoms with van der Waals surface area (Å²) < 4.78 is 5.69. The highest BCUT2D eigenvalue weighted by Gasteiger charge is 2.18. The van der Waals surface area contributed by atoms with Crippen molar-refractivity contribution in [1.82, 2.24) is 4.90 Å². The van der Waals surface area contributed by atoms with Crippen molar-refractivity contribution < 1.29 is 14.3 Å². The van der Waals surface area contributed by atoms with E-state index in [1.54, 1.807) is 31.3 Å². The minimum atomic E-state index is -0.628. The molecule has 0 heterocycles. The second kappa shape index (κ2) is 9.47. The number of nitrogens with zero attached hydrogens (tertiary/aromatic N) is 1. The van der Waals surface area contributed by atoms with Crippen LogP contribution in [0, 0.1) is 0 Å². The van der Waals surface area contributed by atoms with Crippen LogP contribution in [0.15, 0.2) is 54.6 Å². The third-order valence-electron chi connectivity index (χ3n) is 3.75. The molecular formula is C20H24N2O3. The molecule has 0 saturated heterocycles. The maximum Gasteiger partial charge on any atom is 0.313 e. The van der Waals surface area contributed by atoms with Gasteiger partial charge in [0.15, 0.2) is 0 Å². The predicted molar refractivity (Wildman–Crippen MR) is 98.4 cm³/mol. The van der Waals surface area contributed by atoms with E-state index in [1.807, 2.05) is 37.3 Å². The molecule has 0 aliphatic carbocycles. The highest BCUT2D eigenvalue weighted by atomic mass is 16.5. The molecule has 5 heteroatoms. The highest BCUT2D eigenvalue weighted by molar-refractivity contribution is 6.39. The van der Waals surface area contributed by atoms with E-state index < -0.39 is 11.8 Å². The van der Waals surface area contributed by atoms with Crippen LogP contribution >= 0.6 is 0 Å². The smallest absolute Gasteiger partial charge is 0.313 e. The van der Waals surface area contributed by atoms with E-state index in [0.717, 1.165) is 18.4 Å². The van der Waals surface area contributed by atoms with Gasteiger partial charge in [-0.05, 0) is 36.2 Å². The summed E-state index contributed by atoms with van der Waals surface area (Å²) in [6, 6.07) is 16.9. The summed E-state index contributed by atoms with van der Waals surface area (Å²) in [5, 5.41) is 2.61. The summed E-state index contributed by atoms with van der Waals surface area (Å²) >= 11 is 0. The lowest BCUT2D eigenvalue weighted by atomic mass is 10.2. The van der Waals surface area contributed by atoms with Gasteiger partial charge in [0.25, 0.3) is 0 Å². The average molecular weight is 340 g/mol. The largest absolute Gasteiger partial charge is 0.489 e. The zero-order valence-electron chi connectivity index (χ0n) is 14.7. The van der Waals surface area contributed by atoms with Gasteiger partial charge in [0.1, 0.15) is 12.4 Å². The molecule has 1 N–H and O–H groups in total. The van der Waals surface area contributed by atoms with E-state index >= 15 is 0 Å². The van der Waals surface area contributed by atoms with E-state index in [0.29, 0.717) is 24.6 Å². The third-order valence-corrected chi connectivity index (χ3v) is 3.75. The van der Waals surface area contributed by atoms with Gasteiger partial charge in [-0.1, -0.05) is 43.7 Å². The average Bonchev–Trinajstić information content (AvgIpc) is 2.65. The maximum atomic E-state index is 12.0. The van der Waals surface area contributed by atoms with Crippen LogP contribution in [0.25, 0.3) is 0 Å². The van der Waals surface area contributed by atoms with Crippen LogP contribution in [0.4, 0.5) is 5.69 Å². The van der Waals surface area contributed by atoms with Crippen LogP contribution < -0.4 is 10.1 Å². The standard InChI is InChI=1S/C20H24N2O3/c1-3-4-14-22(2)20(24)19(23)21-17-10-12-18(13-11-17)25-15-16-8-6-5-7-9-16/h5-13H,3-4,14-15H2,1-2H3,(H,21,23). The number of hydrogen-bond acceptors (Lipinski definition) is 3. The number of amides is 2. The summed E-state index contributed by atoms with van der Waals surface area (Å²) in [6.07, 6.45) is 1.85. The van der Waals surface area contributed by atoms with Crippen molar-refractivity contribution in [3.05, 3.63) is 60.2 Å². The summed E-state index contributed by atoms with van der Waals surface area (Å²) in [7, 11) is 1.64. The summed E-state index contributed by atoms with van der Waals surface area (Å²) in [6.45, 7) is 3.10. The molecule has 0 unspecified atom stereocenters. The number of unbranched alkanes of at least 4 members (excludes halogenated alkanes) is 1. The fourth-order valence-electron chi connectivity index (χ4n) is 2.23. The van der Waals surface area contributed by atoms with E-state index in [-0.39, 0.29) is 0 Å². The number of nitrogens with one attached hydrogen (secondary N) is 1. The summed E-state index contributed by atoms with van der Waals surface area (Å²) in [5.41, 5.74) is 1.65. The molecule has 0 bridgehead atoms. The predicted octanol–water partition coefficient (Wildman–Crippen LogP) is 3.46. The Bertz CT molecular complexity index is 684. The molecule has 0 aromatic heterocycles. The van der Waals surface area contributed by atoms with Crippen LogP contribution in [-0.4, -0.2) is 30.3 Å². The molecule has 2 aromatic carbocycles. The lowest BCUT2D eigenvalue weighted by Gasteiger charge is -2.16. The molecule has 2 amide bonds. The number of likely N-dealkylation sites (N-methyl/N-ethyl adjacent to an activating group) is 1. The molecule has 25 heavy (non-hydrogen) atoms. The molecule has 0 spiro atoms. The third kappa shape index (κ3) is 5.95. The van der Waals surface area contributed by atoms with Gasteiger partial charge in [0.05, 0.1) is 0 Å². The first-order chi connectivity index (χ1) is 12.1. The van der Waals surface area contributed by atoms with Gasteiger partial charge in [-0.25, -0.2) is 0 Å². The lowest BCUT2D eigenvalue weighted by molar-refractivity contribution is -0.142. The van der Waals surface area contributed by atoms with Gasteiger partial charge in [-0.3, -0.25) is 9.59 Å². The maximum absolute atomic E-state index is 12.0. The molecular weight excluding hydrogens is 316 g/mol. The van der Waals surface area contributed by atoms with Crippen LogP contribution in [0.2, 0.25) is 0 Å². The number of ether oxygens (including phenoxy) is 1. The number of benzene rings is 2. The van der Waals surface area contributed by atoms with Gasteiger partial charge in [-0.15, -0.1) is 0 Å².